The molecule has 0 radical (unpaired) electrons. The van der Waals surface area contributed by atoms with Crippen LogP contribution < -0.4 is 15.8 Å². The zero-order valence-corrected chi connectivity index (χ0v) is 13.0. The zero-order valence-electron chi connectivity index (χ0n) is 13.0. The predicted molar refractivity (Wildman–Crippen MR) is 83.2 cm³/mol. The van der Waals surface area contributed by atoms with Crippen molar-refractivity contribution in [3.8, 4) is 5.75 Å². The number of nitrogens with zero attached hydrogens (tertiary/aromatic N) is 1. The number of benzene rings is 1. The summed E-state index contributed by atoms with van der Waals surface area (Å²) < 4.78 is 5.21. The van der Waals surface area contributed by atoms with Crippen LogP contribution in [0, 0.1) is 0 Å². The van der Waals surface area contributed by atoms with E-state index < -0.39 is 0 Å². The van der Waals surface area contributed by atoms with Crippen LogP contribution >= 0.6 is 0 Å². The summed E-state index contributed by atoms with van der Waals surface area (Å²) in [6.45, 7) is 5.53. The van der Waals surface area contributed by atoms with Gasteiger partial charge in [-0.2, -0.15) is 0 Å². The van der Waals surface area contributed by atoms with E-state index in [1.54, 1.807) is 7.11 Å². The van der Waals surface area contributed by atoms with Crippen LogP contribution in [0.25, 0.3) is 0 Å². The molecule has 0 bridgehead atoms. The minimum absolute atomic E-state index is 0.0342. The van der Waals surface area contributed by atoms with Gasteiger partial charge in [-0.25, -0.2) is 0 Å². The topological polar surface area (TPSA) is 67.6 Å². The fraction of sp³-hybridized carbons (Fsp3) is 0.562. The highest BCUT2D eigenvalue weighted by molar-refractivity contribution is 5.82. The number of hydrogen-bond acceptors (Lipinski definition) is 4. The highest BCUT2D eigenvalue weighted by Crippen LogP contribution is 2.29. The van der Waals surface area contributed by atoms with E-state index in [4.69, 9.17) is 10.5 Å². The first-order valence-corrected chi connectivity index (χ1v) is 7.51. The van der Waals surface area contributed by atoms with Gasteiger partial charge in [0, 0.05) is 19.1 Å². The van der Waals surface area contributed by atoms with Gasteiger partial charge in [0.25, 0.3) is 0 Å². The molecule has 1 saturated heterocycles. The average molecular weight is 291 g/mol. The molecule has 3 atom stereocenters. The number of piperazine rings is 1. The zero-order chi connectivity index (χ0) is 15.4. The van der Waals surface area contributed by atoms with Crippen LogP contribution in [0.2, 0.25) is 0 Å². The van der Waals surface area contributed by atoms with E-state index in [0.717, 1.165) is 24.3 Å². The van der Waals surface area contributed by atoms with Gasteiger partial charge >= 0.3 is 0 Å². The number of ether oxygens (including phenoxy) is 1. The van der Waals surface area contributed by atoms with Crippen molar-refractivity contribution in [3.05, 3.63) is 29.8 Å². The van der Waals surface area contributed by atoms with Crippen molar-refractivity contribution in [1.82, 2.24) is 10.2 Å². The first-order chi connectivity index (χ1) is 10.1. The molecule has 1 aliphatic rings. The molecule has 5 nitrogen and oxygen atoms in total. The van der Waals surface area contributed by atoms with Crippen molar-refractivity contribution in [1.29, 1.82) is 0 Å². The molecule has 2 rings (SSSR count). The lowest BCUT2D eigenvalue weighted by Gasteiger charge is -2.42. The van der Waals surface area contributed by atoms with Gasteiger partial charge in [0.15, 0.2) is 0 Å². The van der Waals surface area contributed by atoms with Gasteiger partial charge in [-0.3, -0.25) is 9.69 Å². The van der Waals surface area contributed by atoms with Crippen molar-refractivity contribution >= 4 is 5.91 Å². The molecule has 1 fully saturated rings. The standard InChI is InChI=1S/C16H25N3O2/c1-4-14-16(20)18-9-10-19(14)15(11(2)17)12-5-7-13(21-3)8-6-12/h5-8,11,14-15H,4,9-10,17H2,1-3H3,(H,18,20). The van der Waals surface area contributed by atoms with Gasteiger partial charge in [0.2, 0.25) is 5.91 Å². The first-order valence-electron chi connectivity index (χ1n) is 7.51. The second kappa shape index (κ2) is 6.91. The van der Waals surface area contributed by atoms with E-state index >= 15 is 0 Å². The predicted octanol–water partition coefficient (Wildman–Crippen LogP) is 1.29. The number of amides is 1. The van der Waals surface area contributed by atoms with E-state index in [2.05, 4.69) is 10.2 Å². The Kier molecular flexibility index (Phi) is 5.20. The Morgan fingerprint density at radius 2 is 2.10 bits per heavy atom. The molecule has 1 heterocycles. The normalized spacial score (nSPS) is 22.5. The molecule has 3 unspecified atom stereocenters. The summed E-state index contributed by atoms with van der Waals surface area (Å²) in [4.78, 5) is 14.3. The van der Waals surface area contributed by atoms with Crippen LogP contribution in [-0.2, 0) is 4.79 Å². The Bertz CT molecular complexity index is 473. The van der Waals surface area contributed by atoms with Crippen molar-refractivity contribution in [3.63, 3.8) is 0 Å². The van der Waals surface area contributed by atoms with Gasteiger partial charge in [-0.1, -0.05) is 19.1 Å². The monoisotopic (exact) mass is 291 g/mol. The van der Waals surface area contributed by atoms with Crippen LogP contribution in [0.15, 0.2) is 24.3 Å². The number of hydrogen-bond donors (Lipinski definition) is 2. The Morgan fingerprint density at radius 1 is 1.43 bits per heavy atom. The van der Waals surface area contributed by atoms with Gasteiger partial charge in [0.1, 0.15) is 5.75 Å². The molecule has 0 spiro atoms. The van der Waals surface area contributed by atoms with Crippen molar-refractivity contribution in [2.24, 2.45) is 5.73 Å². The van der Waals surface area contributed by atoms with Gasteiger partial charge < -0.3 is 15.8 Å². The van der Waals surface area contributed by atoms with Crippen LogP contribution in [0.3, 0.4) is 0 Å². The number of carbonyl (C=O) groups excluding carboxylic acids is 1. The summed E-state index contributed by atoms with van der Waals surface area (Å²) in [6.07, 6.45) is 0.783. The lowest BCUT2D eigenvalue weighted by Crippen LogP contribution is -2.58. The molecule has 0 aromatic heterocycles. The molecule has 116 valence electrons. The minimum atomic E-state index is -0.114. The molecule has 0 aliphatic carbocycles. The quantitative estimate of drug-likeness (QED) is 0.858. The Hall–Kier alpha value is -1.59. The van der Waals surface area contributed by atoms with Crippen LogP contribution in [0.1, 0.15) is 31.9 Å². The summed E-state index contributed by atoms with van der Waals surface area (Å²) in [6, 6.07) is 7.81. The van der Waals surface area contributed by atoms with Crippen molar-refractivity contribution in [2.75, 3.05) is 20.2 Å². The third-order valence-electron chi connectivity index (χ3n) is 4.07. The summed E-state index contributed by atoms with van der Waals surface area (Å²) in [5, 5.41) is 2.94. The van der Waals surface area contributed by atoms with Gasteiger partial charge in [-0.05, 0) is 31.0 Å². The average Bonchev–Trinajstić information content (AvgIpc) is 2.48. The Labute approximate surface area is 126 Å². The summed E-state index contributed by atoms with van der Waals surface area (Å²) in [5.74, 6) is 0.925. The number of rotatable bonds is 5. The molecule has 1 aliphatic heterocycles. The second-order valence-electron chi connectivity index (χ2n) is 5.53. The smallest absolute Gasteiger partial charge is 0.237 e. The second-order valence-corrected chi connectivity index (χ2v) is 5.53. The van der Waals surface area contributed by atoms with E-state index in [0.29, 0.717) is 6.54 Å². The number of methoxy groups -OCH3 is 1. The third-order valence-corrected chi connectivity index (χ3v) is 4.07. The maximum atomic E-state index is 12.1. The molecule has 1 aromatic carbocycles. The fourth-order valence-electron chi connectivity index (χ4n) is 3.08. The van der Waals surface area contributed by atoms with Gasteiger partial charge in [-0.15, -0.1) is 0 Å². The van der Waals surface area contributed by atoms with Crippen molar-refractivity contribution in [2.45, 2.75) is 38.4 Å². The summed E-state index contributed by atoms with van der Waals surface area (Å²) >= 11 is 0. The minimum Gasteiger partial charge on any atom is -0.497 e. The third kappa shape index (κ3) is 3.36. The van der Waals surface area contributed by atoms with Crippen molar-refractivity contribution < 1.29 is 9.53 Å². The van der Waals surface area contributed by atoms with E-state index in [1.807, 2.05) is 38.1 Å². The number of carbonyl (C=O) groups is 1. The van der Waals surface area contributed by atoms with E-state index in [9.17, 15) is 4.79 Å². The summed E-state index contributed by atoms with van der Waals surface area (Å²) in [7, 11) is 1.65. The van der Waals surface area contributed by atoms with Crippen LogP contribution in [0.5, 0.6) is 5.75 Å². The molecule has 5 heteroatoms. The van der Waals surface area contributed by atoms with Crippen LogP contribution in [-0.4, -0.2) is 43.1 Å². The molecular weight excluding hydrogens is 266 g/mol. The molecular formula is C16H25N3O2. The Morgan fingerprint density at radius 3 is 2.62 bits per heavy atom. The maximum Gasteiger partial charge on any atom is 0.237 e. The van der Waals surface area contributed by atoms with Crippen LogP contribution in [0.4, 0.5) is 0 Å². The molecule has 3 N–H and O–H groups in total. The van der Waals surface area contributed by atoms with E-state index in [-0.39, 0.29) is 24.0 Å². The lowest BCUT2D eigenvalue weighted by atomic mass is 9.95. The molecule has 0 saturated carbocycles. The fourth-order valence-corrected chi connectivity index (χ4v) is 3.08. The highest BCUT2D eigenvalue weighted by Gasteiger charge is 2.35. The molecule has 21 heavy (non-hydrogen) atoms. The first kappa shape index (κ1) is 15.8. The molecule has 1 amide bonds. The molecule has 1 aromatic rings. The Balaban J connectivity index is 2.30. The summed E-state index contributed by atoms with van der Waals surface area (Å²) in [5.41, 5.74) is 7.35. The highest BCUT2D eigenvalue weighted by atomic mass is 16.5. The van der Waals surface area contributed by atoms with E-state index in [1.165, 1.54) is 0 Å². The SMILES string of the molecule is CCC1C(=O)NCCN1C(c1ccc(OC)cc1)C(C)N. The number of nitrogens with two attached hydrogens (primary N) is 1. The largest absolute Gasteiger partial charge is 0.497 e. The lowest BCUT2D eigenvalue weighted by molar-refractivity contribution is -0.130. The van der Waals surface area contributed by atoms with Gasteiger partial charge in [0.05, 0.1) is 19.2 Å². The number of nitrogens with one attached hydrogen (secondary N) is 1. The maximum absolute atomic E-state index is 12.1.